The molecule has 3 rings (SSSR count). The van der Waals surface area contributed by atoms with Crippen molar-refractivity contribution in [3.63, 3.8) is 0 Å². The van der Waals surface area contributed by atoms with Gasteiger partial charge < -0.3 is 14.5 Å². The number of rotatable bonds is 8. The number of para-hydroxylation sites is 1. The summed E-state index contributed by atoms with van der Waals surface area (Å²) in [6.07, 6.45) is 0.851. The molecular weight excluding hydrogens is 398 g/mol. The van der Waals surface area contributed by atoms with Crippen molar-refractivity contribution in [2.45, 2.75) is 32.1 Å². The quantitative estimate of drug-likeness (QED) is 0.525. The van der Waals surface area contributed by atoms with E-state index in [4.69, 9.17) is 20.8 Å². The second-order valence-corrected chi connectivity index (χ2v) is 7.37. The normalized spacial score (nSPS) is 10.7. The third kappa shape index (κ3) is 5.50. The summed E-state index contributed by atoms with van der Waals surface area (Å²) in [7, 11) is 0. The molecule has 2 aromatic carbocycles. The highest BCUT2D eigenvalue weighted by molar-refractivity contribution is 7.99. The molecule has 0 fully saturated rings. The molecule has 28 heavy (non-hydrogen) atoms. The first-order valence-corrected chi connectivity index (χ1v) is 10.1. The summed E-state index contributed by atoms with van der Waals surface area (Å²) in [6.45, 7) is 4.10. The van der Waals surface area contributed by atoms with E-state index in [1.807, 2.05) is 44.2 Å². The SMILES string of the molecule is CCc1ccccc1NC(=O)CSc1nnc(COc2ccc(Cl)cc2C)o1. The molecule has 0 aliphatic heterocycles. The second kappa shape index (κ2) is 9.61. The fourth-order valence-electron chi connectivity index (χ4n) is 2.53. The molecule has 0 unspecified atom stereocenters. The molecule has 0 aliphatic rings. The van der Waals surface area contributed by atoms with Crippen molar-refractivity contribution in [2.24, 2.45) is 0 Å². The topological polar surface area (TPSA) is 77.2 Å². The van der Waals surface area contributed by atoms with Crippen LogP contribution in [0.1, 0.15) is 23.9 Å². The third-order valence-electron chi connectivity index (χ3n) is 3.94. The van der Waals surface area contributed by atoms with Gasteiger partial charge in [0.1, 0.15) is 5.75 Å². The lowest BCUT2D eigenvalue weighted by atomic mass is 10.1. The van der Waals surface area contributed by atoms with Gasteiger partial charge in [-0.05, 0) is 48.7 Å². The maximum Gasteiger partial charge on any atom is 0.277 e. The Morgan fingerprint density at radius 3 is 2.86 bits per heavy atom. The number of halogens is 1. The Labute approximate surface area is 172 Å². The monoisotopic (exact) mass is 417 g/mol. The fourth-order valence-corrected chi connectivity index (χ4v) is 3.34. The molecule has 146 valence electrons. The maximum absolute atomic E-state index is 12.2. The number of hydrogen-bond acceptors (Lipinski definition) is 6. The van der Waals surface area contributed by atoms with Gasteiger partial charge >= 0.3 is 0 Å². The van der Waals surface area contributed by atoms with Crippen LogP contribution in [0.3, 0.4) is 0 Å². The van der Waals surface area contributed by atoms with E-state index < -0.39 is 0 Å². The molecule has 1 aromatic heterocycles. The van der Waals surface area contributed by atoms with Crippen LogP contribution in [0.15, 0.2) is 52.1 Å². The first kappa shape index (κ1) is 20.2. The number of hydrogen-bond donors (Lipinski definition) is 1. The third-order valence-corrected chi connectivity index (χ3v) is 4.99. The van der Waals surface area contributed by atoms with Crippen LogP contribution >= 0.6 is 23.4 Å². The van der Waals surface area contributed by atoms with Crippen LogP contribution in [-0.2, 0) is 17.8 Å². The molecule has 1 heterocycles. The van der Waals surface area contributed by atoms with Crippen LogP contribution in [0.5, 0.6) is 5.75 Å². The zero-order valence-corrected chi connectivity index (χ0v) is 17.1. The van der Waals surface area contributed by atoms with Crippen molar-refractivity contribution < 1.29 is 13.9 Å². The predicted octanol–water partition coefficient (Wildman–Crippen LogP) is 4.90. The predicted molar refractivity (Wildman–Crippen MR) is 110 cm³/mol. The van der Waals surface area contributed by atoms with Crippen molar-refractivity contribution in [3.05, 3.63) is 64.5 Å². The summed E-state index contributed by atoms with van der Waals surface area (Å²) in [5, 5.41) is 11.8. The smallest absolute Gasteiger partial charge is 0.277 e. The minimum Gasteiger partial charge on any atom is -0.484 e. The minimum atomic E-state index is -0.126. The Hall–Kier alpha value is -2.51. The molecule has 0 spiro atoms. The van der Waals surface area contributed by atoms with Gasteiger partial charge in [-0.3, -0.25) is 4.79 Å². The van der Waals surface area contributed by atoms with Gasteiger partial charge in [-0.25, -0.2) is 0 Å². The van der Waals surface area contributed by atoms with E-state index in [0.717, 1.165) is 23.2 Å². The molecule has 0 radical (unpaired) electrons. The number of anilines is 1. The van der Waals surface area contributed by atoms with Crippen LogP contribution in [0.25, 0.3) is 0 Å². The molecule has 0 aliphatic carbocycles. The number of nitrogens with zero attached hydrogens (tertiary/aromatic N) is 2. The van der Waals surface area contributed by atoms with Crippen LogP contribution in [-0.4, -0.2) is 21.9 Å². The number of aryl methyl sites for hydroxylation is 2. The van der Waals surface area contributed by atoms with Gasteiger partial charge in [0.25, 0.3) is 11.1 Å². The molecule has 6 nitrogen and oxygen atoms in total. The number of carbonyl (C=O) groups is 1. The van der Waals surface area contributed by atoms with E-state index in [1.54, 1.807) is 12.1 Å². The lowest BCUT2D eigenvalue weighted by Gasteiger charge is -2.08. The largest absolute Gasteiger partial charge is 0.484 e. The Balaban J connectivity index is 1.49. The Morgan fingerprint density at radius 2 is 2.07 bits per heavy atom. The van der Waals surface area contributed by atoms with Crippen LogP contribution in [0.2, 0.25) is 5.02 Å². The summed E-state index contributed by atoms with van der Waals surface area (Å²) >= 11 is 7.12. The second-order valence-electron chi connectivity index (χ2n) is 6.01. The summed E-state index contributed by atoms with van der Waals surface area (Å²) in [5.74, 6) is 1.09. The van der Waals surface area contributed by atoms with Crippen molar-refractivity contribution in [1.82, 2.24) is 10.2 Å². The van der Waals surface area contributed by atoms with Gasteiger partial charge in [0.2, 0.25) is 5.91 Å². The van der Waals surface area contributed by atoms with Gasteiger partial charge in [0, 0.05) is 10.7 Å². The number of aromatic nitrogens is 2. The van der Waals surface area contributed by atoms with E-state index in [2.05, 4.69) is 15.5 Å². The molecule has 3 aromatic rings. The average Bonchev–Trinajstić information content (AvgIpc) is 3.14. The minimum absolute atomic E-state index is 0.126. The number of thioether (sulfide) groups is 1. The first-order chi connectivity index (χ1) is 13.5. The number of benzene rings is 2. The Kier molecular flexibility index (Phi) is 6.95. The van der Waals surface area contributed by atoms with Gasteiger partial charge in [-0.1, -0.05) is 48.5 Å². The number of ether oxygens (including phenoxy) is 1. The molecule has 8 heteroatoms. The molecule has 1 amide bonds. The van der Waals surface area contributed by atoms with E-state index >= 15 is 0 Å². The Bertz CT molecular complexity index is 961. The Morgan fingerprint density at radius 1 is 1.25 bits per heavy atom. The molecule has 1 N–H and O–H groups in total. The highest BCUT2D eigenvalue weighted by Gasteiger charge is 2.12. The molecular formula is C20H20ClN3O3S. The summed E-state index contributed by atoms with van der Waals surface area (Å²) in [6, 6.07) is 13.1. The van der Waals surface area contributed by atoms with E-state index in [1.165, 1.54) is 11.8 Å². The zero-order chi connectivity index (χ0) is 19.9. The number of carbonyl (C=O) groups excluding carboxylic acids is 1. The summed E-state index contributed by atoms with van der Waals surface area (Å²) in [5.41, 5.74) is 2.84. The van der Waals surface area contributed by atoms with E-state index in [-0.39, 0.29) is 18.3 Å². The van der Waals surface area contributed by atoms with Crippen LogP contribution in [0.4, 0.5) is 5.69 Å². The van der Waals surface area contributed by atoms with Gasteiger partial charge in [-0.2, -0.15) is 0 Å². The van der Waals surface area contributed by atoms with Crippen molar-refractivity contribution in [1.29, 1.82) is 0 Å². The average molecular weight is 418 g/mol. The lowest BCUT2D eigenvalue weighted by Crippen LogP contribution is -2.15. The van der Waals surface area contributed by atoms with Crippen molar-refractivity contribution >= 4 is 35.0 Å². The van der Waals surface area contributed by atoms with Gasteiger partial charge in [-0.15, -0.1) is 10.2 Å². The van der Waals surface area contributed by atoms with Crippen molar-refractivity contribution in [2.75, 3.05) is 11.1 Å². The van der Waals surface area contributed by atoms with Crippen LogP contribution < -0.4 is 10.1 Å². The fraction of sp³-hybridized carbons (Fsp3) is 0.250. The molecule has 0 saturated carbocycles. The van der Waals surface area contributed by atoms with E-state index in [9.17, 15) is 4.79 Å². The highest BCUT2D eigenvalue weighted by atomic mass is 35.5. The van der Waals surface area contributed by atoms with Crippen molar-refractivity contribution in [3.8, 4) is 5.75 Å². The van der Waals surface area contributed by atoms with Gasteiger partial charge in [0.15, 0.2) is 6.61 Å². The summed E-state index contributed by atoms with van der Waals surface area (Å²) in [4.78, 5) is 12.2. The lowest BCUT2D eigenvalue weighted by molar-refractivity contribution is -0.113. The van der Waals surface area contributed by atoms with Gasteiger partial charge in [0.05, 0.1) is 5.75 Å². The molecule has 0 saturated heterocycles. The maximum atomic E-state index is 12.2. The number of nitrogens with one attached hydrogen (secondary N) is 1. The standard InChI is InChI=1S/C20H20ClN3O3S/c1-3-14-6-4-5-7-16(14)22-18(25)12-28-20-24-23-19(27-20)11-26-17-9-8-15(21)10-13(17)2/h4-10H,3,11-12H2,1-2H3,(H,22,25). The number of amides is 1. The molecule has 0 bridgehead atoms. The summed E-state index contributed by atoms with van der Waals surface area (Å²) < 4.78 is 11.2. The zero-order valence-electron chi connectivity index (χ0n) is 15.6. The first-order valence-electron chi connectivity index (χ1n) is 8.77. The van der Waals surface area contributed by atoms with E-state index in [0.29, 0.717) is 21.9 Å². The van der Waals surface area contributed by atoms with Crippen LogP contribution in [0, 0.1) is 6.92 Å². The molecule has 0 atom stereocenters. The highest BCUT2D eigenvalue weighted by Crippen LogP contribution is 2.23.